The van der Waals surface area contributed by atoms with E-state index in [4.69, 9.17) is 4.74 Å². The Morgan fingerprint density at radius 1 is 1.37 bits per heavy atom. The van der Waals surface area contributed by atoms with Gasteiger partial charge in [-0.3, -0.25) is 4.79 Å². The number of methoxy groups -OCH3 is 1. The van der Waals surface area contributed by atoms with Gasteiger partial charge >= 0.3 is 0 Å². The maximum absolute atomic E-state index is 12.2. The van der Waals surface area contributed by atoms with E-state index in [0.717, 1.165) is 10.0 Å². The van der Waals surface area contributed by atoms with E-state index < -0.39 is 0 Å². The molecule has 0 aliphatic rings. The number of carbonyl (C=O) groups is 1. The van der Waals surface area contributed by atoms with Crippen molar-refractivity contribution in [2.45, 2.75) is 6.92 Å². The molecule has 0 atom stereocenters. The Balaban J connectivity index is 2.26. The monoisotopic (exact) mass is 320 g/mol. The normalized spacial score (nSPS) is 10.1. The molecule has 4 nitrogen and oxygen atoms in total. The number of pyridine rings is 1. The molecule has 0 unspecified atom stereocenters. The zero-order valence-corrected chi connectivity index (χ0v) is 12.2. The summed E-state index contributed by atoms with van der Waals surface area (Å²) in [4.78, 5) is 16.4. The highest BCUT2D eigenvalue weighted by atomic mass is 79.9. The topological polar surface area (TPSA) is 51.2 Å². The Morgan fingerprint density at radius 2 is 2.11 bits per heavy atom. The van der Waals surface area contributed by atoms with Crippen LogP contribution < -0.4 is 10.1 Å². The van der Waals surface area contributed by atoms with Gasteiger partial charge in [0.15, 0.2) is 0 Å². The Labute approximate surface area is 119 Å². The number of hydrogen-bond acceptors (Lipinski definition) is 3. The molecule has 1 heterocycles. The smallest absolute Gasteiger partial charge is 0.260 e. The van der Waals surface area contributed by atoms with Gasteiger partial charge in [-0.2, -0.15) is 0 Å². The van der Waals surface area contributed by atoms with Crippen LogP contribution in [0.1, 0.15) is 15.9 Å². The standard InChI is InChI=1S/C14H13BrN2O2/c1-9-7-10(15)8-16-13(9)17-14(18)11-5-3-4-6-12(11)19-2/h3-8H,1-2H3,(H,16,17,18). The van der Waals surface area contributed by atoms with Gasteiger partial charge in [0.2, 0.25) is 0 Å². The Hall–Kier alpha value is -1.88. The predicted octanol–water partition coefficient (Wildman–Crippen LogP) is 3.41. The quantitative estimate of drug-likeness (QED) is 0.942. The average molecular weight is 321 g/mol. The number of carbonyl (C=O) groups excluding carboxylic acids is 1. The number of halogens is 1. The van der Waals surface area contributed by atoms with E-state index in [0.29, 0.717) is 17.1 Å². The predicted molar refractivity (Wildman–Crippen MR) is 77.6 cm³/mol. The van der Waals surface area contributed by atoms with Crippen molar-refractivity contribution >= 4 is 27.7 Å². The van der Waals surface area contributed by atoms with Crippen molar-refractivity contribution in [2.24, 2.45) is 0 Å². The van der Waals surface area contributed by atoms with Crippen LogP contribution in [0.2, 0.25) is 0 Å². The molecule has 0 spiro atoms. The van der Waals surface area contributed by atoms with Crippen molar-refractivity contribution in [3.63, 3.8) is 0 Å². The van der Waals surface area contributed by atoms with Gasteiger partial charge in [0.05, 0.1) is 12.7 Å². The molecule has 0 aliphatic carbocycles. The molecule has 1 aromatic heterocycles. The zero-order valence-electron chi connectivity index (χ0n) is 10.6. The number of aromatic nitrogens is 1. The fourth-order valence-electron chi connectivity index (χ4n) is 1.68. The number of nitrogens with one attached hydrogen (secondary N) is 1. The second-order valence-electron chi connectivity index (χ2n) is 3.97. The highest BCUT2D eigenvalue weighted by Crippen LogP contribution is 2.21. The highest BCUT2D eigenvalue weighted by Gasteiger charge is 2.13. The summed E-state index contributed by atoms with van der Waals surface area (Å²) in [6.07, 6.45) is 1.64. The maximum Gasteiger partial charge on any atom is 0.260 e. The maximum atomic E-state index is 12.2. The summed E-state index contributed by atoms with van der Waals surface area (Å²) in [6.45, 7) is 1.88. The minimum absolute atomic E-state index is 0.240. The molecule has 2 aromatic rings. The van der Waals surface area contributed by atoms with Crippen LogP contribution in [-0.2, 0) is 0 Å². The lowest BCUT2D eigenvalue weighted by atomic mass is 10.2. The van der Waals surface area contributed by atoms with Gasteiger partial charge in [0.1, 0.15) is 11.6 Å². The highest BCUT2D eigenvalue weighted by molar-refractivity contribution is 9.10. The first-order valence-corrected chi connectivity index (χ1v) is 6.47. The van der Waals surface area contributed by atoms with Crippen LogP contribution in [0.25, 0.3) is 0 Å². The Morgan fingerprint density at radius 3 is 2.79 bits per heavy atom. The third-order valence-electron chi connectivity index (χ3n) is 2.63. The number of rotatable bonds is 3. The number of aryl methyl sites for hydroxylation is 1. The minimum Gasteiger partial charge on any atom is -0.496 e. The summed E-state index contributed by atoms with van der Waals surface area (Å²) in [7, 11) is 1.54. The number of hydrogen-bond donors (Lipinski definition) is 1. The van der Waals surface area contributed by atoms with Crippen molar-refractivity contribution in [3.05, 3.63) is 52.1 Å². The fraction of sp³-hybridized carbons (Fsp3) is 0.143. The SMILES string of the molecule is COc1ccccc1C(=O)Nc1ncc(Br)cc1C. The van der Waals surface area contributed by atoms with Gasteiger partial charge in [0, 0.05) is 10.7 Å². The van der Waals surface area contributed by atoms with Crippen LogP contribution in [0.5, 0.6) is 5.75 Å². The molecule has 98 valence electrons. The summed E-state index contributed by atoms with van der Waals surface area (Å²) < 4.78 is 6.04. The lowest BCUT2D eigenvalue weighted by Gasteiger charge is -2.10. The van der Waals surface area contributed by atoms with E-state index in [-0.39, 0.29) is 5.91 Å². The minimum atomic E-state index is -0.240. The average Bonchev–Trinajstić information content (AvgIpc) is 2.41. The Kier molecular flexibility index (Phi) is 4.16. The first kappa shape index (κ1) is 13.5. The zero-order chi connectivity index (χ0) is 13.8. The summed E-state index contributed by atoms with van der Waals surface area (Å²) in [6, 6.07) is 8.96. The number of anilines is 1. The molecule has 1 amide bonds. The van der Waals surface area contributed by atoms with Crippen LogP contribution in [0, 0.1) is 6.92 Å². The van der Waals surface area contributed by atoms with Gasteiger partial charge in [-0.25, -0.2) is 4.98 Å². The number of para-hydroxylation sites is 1. The van der Waals surface area contributed by atoms with E-state index >= 15 is 0 Å². The molecule has 0 fully saturated rings. The molecule has 1 N–H and O–H groups in total. The van der Waals surface area contributed by atoms with Crippen molar-refractivity contribution in [2.75, 3.05) is 12.4 Å². The van der Waals surface area contributed by atoms with Crippen LogP contribution in [-0.4, -0.2) is 18.0 Å². The summed E-state index contributed by atoms with van der Waals surface area (Å²) in [5.74, 6) is 0.837. The van der Waals surface area contributed by atoms with Crippen LogP contribution >= 0.6 is 15.9 Å². The number of ether oxygens (including phenoxy) is 1. The molecule has 1 aromatic carbocycles. The molecule has 0 bridgehead atoms. The first-order valence-electron chi connectivity index (χ1n) is 5.68. The van der Waals surface area contributed by atoms with Gasteiger partial charge in [-0.05, 0) is 46.6 Å². The van der Waals surface area contributed by atoms with Gasteiger partial charge < -0.3 is 10.1 Å². The Bertz CT molecular complexity index is 614. The largest absolute Gasteiger partial charge is 0.496 e. The molecular formula is C14H13BrN2O2. The third kappa shape index (κ3) is 3.12. The van der Waals surface area contributed by atoms with E-state index in [1.54, 1.807) is 24.4 Å². The number of amides is 1. The molecule has 19 heavy (non-hydrogen) atoms. The summed E-state index contributed by atoms with van der Waals surface area (Å²) in [5, 5.41) is 2.78. The first-order chi connectivity index (χ1) is 9.11. The van der Waals surface area contributed by atoms with Gasteiger partial charge in [-0.15, -0.1) is 0 Å². The van der Waals surface area contributed by atoms with Crippen LogP contribution in [0.3, 0.4) is 0 Å². The molecule has 0 radical (unpaired) electrons. The van der Waals surface area contributed by atoms with Crippen LogP contribution in [0.15, 0.2) is 41.0 Å². The molecule has 5 heteroatoms. The molecular weight excluding hydrogens is 308 g/mol. The molecule has 0 saturated heterocycles. The lowest BCUT2D eigenvalue weighted by molar-refractivity contribution is 0.102. The van der Waals surface area contributed by atoms with Crippen molar-refractivity contribution in [3.8, 4) is 5.75 Å². The van der Waals surface area contributed by atoms with E-state index in [9.17, 15) is 4.79 Å². The number of benzene rings is 1. The van der Waals surface area contributed by atoms with Crippen molar-refractivity contribution in [1.29, 1.82) is 0 Å². The molecule has 0 aliphatic heterocycles. The summed E-state index contributed by atoms with van der Waals surface area (Å²) in [5.41, 5.74) is 1.37. The number of nitrogens with zero attached hydrogens (tertiary/aromatic N) is 1. The van der Waals surface area contributed by atoms with Crippen LogP contribution in [0.4, 0.5) is 5.82 Å². The fourth-order valence-corrected chi connectivity index (χ4v) is 2.12. The second kappa shape index (κ2) is 5.84. The van der Waals surface area contributed by atoms with Crippen molar-refractivity contribution in [1.82, 2.24) is 4.98 Å². The second-order valence-corrected chi connectivity index (χ2v) is 4.89. The molecule has 2 rings (SSSR count). The van der Waals surface area contributed by atoms with E-state index in [1.807, 2.05) is 19.1 Å². The van der Waals surface area contributed by atoms with E-state index in [1.165, 1.54) is 7.11 Å². The van der Waals surface area contributed by atoms with Crippen molar-refractivity contribution < 1.29 is 9.53 Å². The third-order valence-corrected chi connectivity index (χ3v) is 3.06. The van der Waals surface area contributed by atoms with E-state index in [2.05, 4.69) is 26.2 Å². The van der Waals surface area contributed by atoms with Gasteiger partial charge in [0.25, 0.3) is 5.91 Å². The molecule has 0 saturated carbocycles. The van der Waals surface area contributed by atoms with Gasteiger partial charge in [-0.1, -0.05) is 12.1 Å². The summed E-state index contributed by atoms with van der Waals surface area (Å²) >= 11 is 3.34. The lowest BCUT2D eigenvalue weighted by Crippen LogP contribution is -2.14.